The van der Waals surface area contributed by atoms with Gasteiger partial charge in [-0.1, -0.05) is 32.1 Å². The maximum Gasteiger partial charge on any atom is 0.186 e. The lowest BCUT2D eigenvalue weighted by Crippen LogP contribution is -2.34. The van der Waals surface area contributed by atoms with Crippen LogP contribution in [0, 0.1) is 17.2 Å². The Morgan fingerprint density at radius 3 is 2.82 bits per heavy atom. The van der Waals surface area contributed by atoms with E-state index in [1.54, 1.807) is 11.3 Å². The van der Waals surface area contributed by atoms with E-state index in [4.69, 9.17) is 5.26 Å². The average molecular weight is 249 g/mol. The van der Waals surface area contributed by atoms with E-state index in [1.165, 1.54) is 12.8 Å². The first kappa shape index (κ1) is 12.4. The van der Waals surface area contributed by atoms with Crippen molar-refractivity contribution in [2.24, 2.45) is 5.92 Å². The fourth-order valence-electron chi connectivity index (χ4n) is 2.29. The fourth-order valence-corrected chi connectivity index (χ4v) is 3.34. The Bertz CT molecular complexity index is 430. The lowest BCUT2D eigenvalue weighted by molar-refractivity contribution is 0.446. The van der Waals surface area contributed by atoms with Gasteiger partial charge in [-0.3, -0.25) is 0 Å². The minimum atomic E-state index is 0.330. The maximum absolute atomic E-state index is 9.13. The van der Waals surface area contributed by atoms with Gasteiger partial charge in [0, 0.05) is 13.1 Å². The summed E-state index contributed by atoms with van der Waals surface area (Å²) in [5, 5.41) is 10.2. The summed E-state index contributed by atoms with van der Waals surface area (Å²) in [6, 6.07) is 2.28. The van der Waals surface area contributed by atoms with Crippen LogP contribution in [0.1, 0.15) is 50.1 Å². The van der Waals surface area contributed by atoms with E-state index in [-0.39, 0.29) is 0 Å². The summed E-state index contributed by atoms with van der Waals surface area (Å²) < 4.78 is 0. The number of anilines is 1. The minimum Gasteiger partial charge on any atom is -0.348 e. The van der Waals surface area contributed by atoms with Crippen molar-refractivity contribution in [3.63, 3.8) is 0 Å². The first-order valence-electron chi connectivity index (χ1n) is 6.27. The van der Waals surface area contributed by atoms with Crippen LogP contribution in [0.25, 0.3) is 0 Å². The smallest absolute Gasteiger partial charge is 0.186 e. The van der Waals surface area contributed by atoms with Crippen LogP contribution in [0.3, 0.4) is 0 Å². The van der Waals surface area contributed by atoms with E-state index in [0.29, 0.717) is 5.92 Å². The van der Waals surface area contributed by atoms with Gasteiger partial charge in [-0.15, -0.1) is 0 Å². The molecule has 4 heteroatoms. The van der Waals surface area contributed by atoms with Crippen molar-refractivity contribution in [1.82, 2.24) is 4.98 Å². The van der Waals surface area contributed by atoms with Gasteiger partial charge >= 0.3 is 0 Å². The Morgan fingerprint density at radius 2 is 2.29 bits per heavy atom. The van der Waals surface area contributed by atoms with Crippen LogP contribution < -0.4 is 4.90 Å². The summed E-state index contributed by atoms with van der Waals surface area (Å²) in [4.78, 5) is 7.78. The molecule has 0 radical (unpaired) electrons. The molecule has 1 aliphatic rings. The van der Waals surface area contributed by atoms with Gasteiger partial charge in [0.1, 0.15) is 10.9 Å². The molecule has 0 N–H and O–H groups in total. The molecule has 1 atom stereocenters. The SMILES string of the molecule is CC1CCCN(c2nc(C(C)C)c(C#N)s2)C1. The number of rotatable bonds is 2. The number of aromatic nitrogens is 1. The van der Waals surface area contributed by atoms with E-state index in [1.807, 2.05) is 0 Å². The predicted octanol–water partition coefficient (Wildman–Crippen LogP) is 3.37. The van der Waals surface area contributed by atoms with E-state index >= 15 is 0 Å². The fraction of sp³-hybridized carbons (Fsp3) is 0.692. The zero-order chi connectivity index (χ0) is 12.4. The van der Waals surface area contributed by atoms with Crippen LogP contribution in [-0.2, 0) is 0 Å². The molecule has 17 heavy (non-hydrogen) atoms. The summed E-state index contributed by atoms with van der Waals surface area (Å²) in [5.41, 5.74) is 0.964. The van der Waals surface area contributed by atoms with Crippen LogP contribution in [0.4, 0.5) is 5.13 Å². The highest BCUT2D eigenvalue weighted by Crippen LogP contribution is 2.32. The van der Waals surface area contributed by atoms with Crippen molar-refractivity contribution in [2.45, 2.75) is 39.5 Å². The van der Waals surface area contributed by atoms with Gasteiger partial charge in [-0.25, -0.2) is 4.98 Å². The Labute approximate surface area is 107 Å². The van der Waals surface area contributed by atoms with E-state index < -0.39 is 0 Å². The molecule has 1 saturated heterocycles. The third kappa shape index (κ3) is 2.61. The van der Waals surface area contributed by atoms with Crippen molar-refractivity contribution in [2.75, 3.05) is 18.0 Å². The Kier molecular flexibility index (Phi) is 3.68. The number of thiazole rings is 1. The standard InChI is InChI=1S/C13H19N3S/c1-9(2)12-11(7-14)17-13(15-12)16-6-4-5-10(3)8-16/h9-10H,4-6,8H2,1-3H3. The Morgan fingerprint density at radius 1 is 1.53 bits per heavy atom. The summed E-state index contributed by atoms with van der Waals surface area (Å²) in [5.74, 6) is 1.07. The molecular formula is C13H19N3S. The summed E-state index contributed by atoms with van der Waals surface area (Å²) >= 11 is 1.55. The second-order valence-electron chi connectivity index (χ2n) is 5.17. The van der Waals surface area contributed by atoms with Crippen molar-refractivity contribution >= 4 is 16.5 Å². The topological polar surface area (TPSA) is 39.9 Å². The maximum atomic E-state index is 9.13. The van der Waals surface area contributed by atoms with Crippen LogP contribution in [0.5, 0.6) is 0 Å². The minimum absolute atomic E-state index is 0.330. The molecule has 0 aliphatic carbocycles. The molecule has 1 aromatic rings. The molecule has 2 rings (SSSR count). The van der Waals surface area contributed by atoms with Gasteiger partial charge in [-0.05, 0) is 24.7 Å². The van der Waals surface area contributed by atoms with Gasteiger partial charge in [0.25, 0.3) is 0 Å². The Hall–Kier alpha value is -1.08. The monoisotopic (exact) mass is 249 g/mol. The molecule has 0 bridgehead atoms. The molecule has 2 heterocycles. The van der Waals surface area contributed by atoms with Gasteiger partial charge in [0.2, 0.25) is 0 Å². The summed E-state index contributed by atoms with van der Waals surface area (Å²) in [6.45, 7) is 8.64. The van der Waals surface area contributed by atoms with E-state index in [0.717, 1.165) is 34.7 Å². The van der Waals surface area contributed by atoms with E-state index in [2.05, 4.69) is 36.7 Å². The highest BCUT2D eigenvalue weighted by molar-refractivity contribution is 7.16. The molecule has 0 amide bonds. The van der Waals surface area contributed by atoms with Gasteiger partial charge in [-0.2, -0.15) is 5.26 Å². The third-order valence-electron chi connectivity index (χ3n) is 3.22. The van der Waals surface area contributed by atoms with Crippen molar-refractivity contribution in [3.05, 3.63) is 10.6 Å². The van der Waals surface area contributed by atoms with E-state index in [9.17, 15) is 0 Å². The number of nitrogens with zero attached hydrogens (tertiary/aromatic N) is 3. The molecule has 1 fully saturated rings. The van der Waals surface area contributed by atoms with Crippen LogP contribution in [-0.4, -0.2) is 18.1 Å². The molecule has 0 aromatic carbocycles. The highest BCUT2D eigenvalue weighted by atomic mass is 32.1. The van der Waals surface area contributed by atoms with Crippen LogP contribution in [0.2, 0.25) is 0 Å². The van der Waals surface area contributed by atoms with Gasteiger partial charge in [0.15, 0.2) is 5.13 Å². The van der Waals surface area contributed by atoms with Crippen molar-refractivity contribution in [3.8, 4) is 6.07 Å². The van der Waals surface area contributed by atoms with Gasteiger partial charge in [0.05, 0.1) is 5.69 Å². The molecule has 1 aromatic heterocycles. The summed E-state index contributed by atoms with van der Waals surface area (Å²) in [7, 11) is 0. The molecule has 0 saturated carbocycles. The van der Waals surface area contributed by atoms with Crippen molar-refractivity contribution in [1.29, 1.82) is 5.26 Å². The lowest BCUT2D eigenvalue weighted by atomic mass is 10.0. The average Bonchev–Trinajstić information content (AvgIpc) is 2.73. The largest absolute Gasteiger partial charge is 0.348 e. The zero-order valence-corrected chi connectivity index (χ0v) is 11.5. The lowest BCUT2D eigenvalue weighted by Gasteiger charge is -2.30. The van der Waals surface area contributed by atoms with Crippen molar-refractivity contribution < 1.29 is 0 Å². The first-order valence-corrected chi connectivity index (χ1v) is 7.09. The molecule has 1 aliphatic heterocycles. The van der Waals surface area contributed by atoms with Gasteiger partial charge < -0.3 is 4.90 Å². The number of piperidine rings is 1. The molecular weight excluding hydrogens is 230 g/mol. The molecule has 3 nitrogen and oxygen atoms in total. The van der Waals surface area contributed by atoms with Crippen LogP contribution in [0.15, 0.2) is 0 Å². The highest BCUT2D eigenvalue weighted by Gasteiger charge is 2.22. The molecule has 1 unspecified atom stereocenters. The molecule has 92 valence electrons. The third-order valence-corrected chi connectivity index (χ3v) is 4.25. The number of hydrogen-bond donors (Lipinski definition) is 0. The normalized spacial score (nSPS) is 20.6. The number of nitriles is 1. The molecule has 0 spiro atoms. The number of hydrogen-bond acceptors (Lipinski definition) is 4. The second kappa shape index (κ2) is 5.05. The van der Waals surface area contributed by atoms with Crippen LogP contribution >= 0.6 is 11.3 Å². The second-order valence-corrected chi connectivity index (χ2v) is 6.15. The predicted molar refractivity (Wildman–Crippen MR) is 71.5 cm³/mol. The quantitative estimate of drug-likeness (QED) is 0.806. The first-order chi connectivity index (χ1) is 8.11. The Balaban J connectivity index is 2.24. The summed E-state index contributed by atoms with van der Waals surface area (Å²) in [6.07, 6.45) is 2.55. The zero-order valence-electron chi connectivity index (χ0n) is 10.7.